The molecule has 1 N–H and O–H groups in total. The van der Waals surface area contributed by atoms with Gasteiger partial charge in [-0.1, -0.05) is 36.8 Å². The summed E-state index contributed by atoms with van der Waals surface area (Å²) >= 11 is 3.28. The molecule has 0 unspecified atom stereocenters. The first-order valence-electron chi connectivity index (χ1n) is 10.6. The molecular weight excluding hydrogens is 492 g/mol. The number of aromatic carboxylic acids is 1. The van der Waals surface area contributed by atoms with Crippen LogP contribution in [0.25, 0.3) is 5.57 Å². The van der Waals surface area contributed by atoms with E-state index in [1.165, 1.54) is 29.3 Å². The van der Waals surface area contributed by atoms with E-state index in [4.69, 9.17) is 9.84 Å². The van der Waals surface area contributed by atoms with Crippen molar-refractivity contribution in [1.82, 2.24) is 4.98 Å². The Morgan fingerprint density at radius 3 is 2.55 bits per heavy atom. The van der Waals surface area contributed by atoms with Crippen LogP contribution in [0.1, 0.15) is 54.1 Å². The van der Waals surface area contributed by atoms with Crippen LogP contribution in [0.15, 0.2) is 70.8 Å². The van der Waals surface area contributed by atoms with Gasteiger partial charge < -0.3 is 9.84 Å². The zero-order valence-corrected chi connectivity index (χ0v) is 19.7. The first-order chi connectivity index (χ1) is 15.9. The van der Waals surface area contributed by atoms with Crippen molar-refractivity contribution in [2.75, 3.05) is 0 Å². The number of halogens is 3. The SMILES string of the molecule is CCC1=C(c2ccc(F)c(C(=O)O)c2)CCC1.Fc1ccccc1COc1ccc(Br)cn1. The first kappa shape index (κ1) is 24.6. The number of benzene rings is 2. The lowest BCUT2D eigenvalue weighted by molar-refractivity contribution is 0.0692. The Morgan fingerprint density at radius 1 is 1.09 bits per heavy atom. The summed E-state index contributed by atoms with van der Waals surface area (Å²) in [5.74, 6) is -1.66. The highest BCUT2D eigenvalue weighted by atomic mass is 79.9. The second-order valence-electron chi connectivity index (χ2n) is 7.48. The molecule has 0 fully saturated rings. The maximum Gasteiger partial charge on any atom is 0.338 e. The molecule has 0 spiro atoms. The molecule has 0 saturated carbocycles. The third-order valence-electron chi connectivity index (χ3n) is 5.34. The molecule has 1 aromatic heterocycles. The molecular formula is C26H24BrF2NO3. The molecule has 33 heavy (non-hydrogen) atoms. The van der Waals surface area contributed by atoms with E-state index in [0.717, 1.165) is 35.7 Å². The van der Waals surface area contributed by atoms with Crippen LogP contribution in [0.5, 0.6) is 5.88 Å². The Morgan fingerprint density at radius 2 is 1.88 bits per heavy atom. The van der Waals surface area contributed by atoms with E-state index in [0.29, 0.717) is 11.4 Å². The molecule has 0 radical (unpaired) electrons. The van der Waals surface area contributed by atoms with Crippen molar-refractivity contribution in [2.24, 2.45) is 0 Å². The summed E-state index contributed by atoms with van der Waals surface area (Å²) in [7, 11) is 0. The Labute approximate surface area is 200 Å². The van der Waals surface area contributed by atoms with Crippen molar-refractivity contribution in [1.29, 1.82) is 0 Å². The average molecular weight is 516 g/mol. The van der Waals surface area contributed by atoms with Crippen molar-refractivity contribution < 1.29 is 23.4 Å². The molecule has 3 aromatic rings. The van der Waals surface area contributed by atoms with Crippen molar-refractivity contribution in [2.45, 2.75) is 39.2 Å². The number of allylic oxidation sites excluding steroid dienone is 2. The molecule has 1 aliphatic rings. The topological polar surface area (TPSA) is 59.4 Å². The number of aromatic nitrogens is 1. The summed E-state index contributed by atoms with van der Waals surface area (Å²) < 4.78 is 32.8. The van der Waals surface area contributed by atoms with Crippen LogP contribution in [0.4, 0.5) is 8.78 Å². The van der Waals surface area contributed by atoms with Gasteiger partial charge in [-0.05, 0) is 77.0 Å². The van der Waals surface area contributed by atoms with E-state index < -0.39 is 11.8 Å². The first-order valence-corrected chi connectivity index (χ1v) is 11.4. The number of nitrogens with zero attached hydrogens (tertiary/aromatic N) is 1. The maximum absolute atomic E-state index is 13.3. The highest BCUT2D eigenvalue weighted by molar-refractivity contribution is 9.10. The number of rotatable bonds is 6. The molecule has 0 amide bonds. The average Bonchev–Trinajstić information content (AvgIpc) is 3.29. The van der Waals surface area contributed by atoms with Crippen LogP contribution in [-0.4, -0.2) is 16.1 Å². The smallest absolute Gasteiger partial charge is 0.338 e. The number of carboxylic acid groups (broad SMARTS) is 1. The predicted molar refractivity (Wildman–Crippen MR) is 127 cm³/mol. The van der Waals surface area contributed by atoms with Gasteiger partial charge in [0.1, 0.15) is 18.2 Å². The largest absolute Gasteiger partial charge is 0.478 e. The van der Waals surface area contributed by atoms with Crippen molar-refractivity contribution in [3.05, 3.63) is 99.2 Å². The summed E-state index contributed by atoms with van der Waals surface area (Å²) in [5.41, 5.74) is 3.71. The van der Waals surface area contributed by atoms with Gasteiger partial charge in [0.2, 0.25) is 5.88 Å². The summed E-state index contributed by atoms with van der Waals surface area (Å²) in [6, 6.07) is 14.5. The van der Waals surface area contributed by atoms with Crippen LogP contribution < -0.4 is 4.74 Å². The number of hydrogen-bond donors (Lipinski definition) is 1. The zero-order valence-electron chi connectivity index (χ0n) is 18.2. The van der Waals surface area contributed by atoms with Crippen LogP contribution >= 0.6 is 15.9 Å². The molecule has 172 valence electrons. The molecule has 7 heteroatoms. The fourth-order valence-electron chi connectivity index (χ4n) is 3.64. The van der Waals surface area contributed by atoms with E-state index in [9.17, 15) is 13.6 Å². The lowest BCUT2D eigenvalue weighted by Crippen LogP contribution is -2.01. The van der Waals surface area contributed by atoms with Crippen LogP contribution in [-0.2, 0) is 6.61 Å². The fraction of sp³-hybridized carbons (Fsp3) is 0.231. The molecule has 1 heterocycles. The van der Waals surface area contributed by atoms with Crippen LogP contribution in [0.2, 0.25) is 0 Å². The highest BCUT2D eigenvalue weighted by Gasteiger charge is 2.17. The van der Waals surface area contributed by atoms with Gasteiger partial charge in [0.05, 0.1) is 5.56 Å². The molecule has 4 rings (SSSR count). The van der Waals surface area contributed by atoms with Gasteiger partial charge >= 0.3 is 5.97 Å². The normalized spacial score (nSPS) is 12.8. The van der Waals surface area contributed by atoms with Crippen LogP contribution in [0.3, 0.4) is 0 Å². The minimum Gasteiger partial charge on any atom is -0.478 e. The summed E-state index contributed by atoms with van der Waals surface area (Å²) in [5, 5.41) is 8.90. The van der Waals surface area contributed by atoms with Gasteiger partial charge in [0.15, 0.2) is 0 Å². The summed E-state index contributed by atoms with van der Waals surface area (Å²) in [6.07, 6.45) is 5.77. The molecule has 0 aliphatic heterocycles. The van der Waals surface area contributed by atoms with E-state index >= 15 is 0 Å². The third kappa shape index (κ3) is 6.71. The summed E-state index contributed by atoms with van der Waals surface area (Å²) in [6.45, 7) is 2.28. The molecule has 2 aromatic carbocycles. The Balaban J connectivity index is 0.000000186. The van der Waals surface area contributed by atoms with Gasteiger partial charge in [-0.15, -0.1) is 0 Å². The number of carboxylic acids is 1. The van der Waals surface area contributed by atoms with E-state index in [1.54, 1.807) is 36.5 Å². The second-order valence-corrected chi connectivity index (χ2v) is 8.40. The number of pyridine rings is 1. The van der Waals surface area contributed by atoms with Crippen molar-refractivity contribution in [3.63, 3.8) is 0 Å². The third-order valence-corrected chi connectivity index (χ3v) is 5.81. The lowest BCUT2D eigenvalue weighted by Gasteiger charge is -2.07. The zero-order chi connectivity index (χ0) is 23.8. The molecule has 4 nitrogen and oxygen atoms in total. The second kappa shape index (κ2) is 11.7. The molecule has 0 saturated heterocycles. The van der Waals surface area contributed by atoms with Gasteiger partial charge in [-0.3, -0.25) is 0 Å². The lowest BCUT2D eigenvalue weighted by atomic mass is 9.98. The number of hydrogen-bond acceptors (Lipinski definition) is 3. The number of ether oxygens (including phenoxy) is 1. The van der Waals surface area contributed by atoms with E-state index in [-0.39, 0.29) is 18.0 Å². The van der Waals surface area contributed by atoms with Gasteiger partial charge in [0.25, 0.3) is 0 Å². The summed E-state index contributed by atoms with van der Waals surface area (Å²) in [4.78, 5) is 14.9. The van der Waals surface area contributed by atoms with Gasteiger partial charge in [0, 0.05) is 22.3 Å². The van der Waals surface area contributed by atoms with Gasteiger partial charge in [-0.2, -0.15) is 0 Å². The quantitative estimate of drug-likeness (QED) is 0.370. The monoisotopic (exact) mass is 515 g/mol. The molecule has 0 bridgehead atoms. The van der Waals surface area contributed by atoms with Crippen molar-refractivity contribution >= 4 is 27.5 Å². The highest BCUT2D eigenvalue weighted by Crippen LogP contribution is 2.35. The maximum atomic E-state index is 13.3. The van der Waals surface area contributed by atoms with E-state index in [1.807, 2.05) is 6.07 Å². The van der Waals surface area contributed by atoms with Crippen LogP contribution in [0, 0.1) is 11.6 Å². The Bertz CT molecular complexity index is 1150. The molecule has 0 atom stereocenters. The number of carbonyl (C=O) groups is 1. The Hall–Kier alpha value is -3.06. The van der Waals surface area contributed by atoms with E-state index in [2.05, 4.69) is 27.8 Å². The van der Waals surface area contributed by atoms with Gasteiger partial charge in [-0.25, -0.2) is 18.6 Å². The predicted octanol–water partition coefficient (Wildman–Crippen LogP) is 7.43. The Kier molecular flexibility index (Phi) is 8.72. The minimum atomic E-state index is -1.21. The fourth-order valence-corrected chi connectivity index (χ4v) is 3.87. The standard InChI is InChI=1S/C14H15FO2.C12H9BrFNO/c1-2-9-4-3-5-11(9)10-6-7-13(15)12(8-10)14(16)17;13-10-5-6-12(15-7-10)16-8-9-3-1-2-4-11(9)14/h6-8H,2-5H2,1H3,(H,16,17);1-7H,8H2. The minimum absolute atomic E-state index is 0.182. The van der Waals surface area contributed by atoms with Crippen molar-refractivity contribution in [3.8, 4) is 5.88 Å². The molecule has 1 aliphatic carbocycles.